The highest BCUT2D eigenvalue weighted by atomic mass is 35.5. The Morgan fingerprint density at radius 2 is 1.90 bits per heavy atom. The highest BCUT2D eigenvalue weighted by Gasteiger charge is 2.23. The van der Waals surface area contributed by atoms with E-state index in [4.69, 9.17) is 11.6 Å². The summed E-state index contributed by atoms with van der Waals surface area (Å²) in [6, 6.07) is 5.17. The molecule has 1 amide bonds. The monoisotopic (exact) mass is 416 g/mol. The van der Waals surface area contributed by atoms with Crippen molar-refractivity contribution in [3.8, 4) is 0 Å². The summed E-state index contributed by atoms with van der Waals surface area (Å²) in [6.45, 7) is 3.68. The molecule has 29 heavy (non-hydrogen) atoms. The predicted octanol–water partition coefficient (Wildman–Crippen LogP) is 3.58. The van der Waals surface area contributed by atoms with Crippen LogP contribution in [0.15, 0.2) is 23.0 Å². The summed E-state index contributed by atoms with van der Waals surface area (Å²) < 4.78 is 0. The minimum Gasteiger partial charge on any atom is -0.340 e. The minimum atomic E-state index is -0.163. The van der Waals surface area contributed by atoms with Gasteiger partial charge in [-0.2, -0.15) is 0 Å². The van der Waals surface area contributed by atoms with E-state index in [9.17, 15) is 9.59 Å². The number of halogens is 1. The van der Waals surface area contributed by atoms with Gasteiger partial charge in [0.25, 0.3) is 5.56 Å². The van der Waals surface area contributed by atoms with Crippen molar-refractivity contribution in [3.63, 3.8) is 0 Å². The Balaban J connectivity index is 1.28. The van der Waals surface area contributed by atoms with Crippen molar-refractivity contribution in [3.05, 3.63) is 39.4 Å². The normalized spacial score (nSPS) is 19.0. The van der Waals surface area contributed by atoms with Crippen LogP contribution < -0.4 is 5.56 Å². The third-order valence-electron chi connectivity index (χ3n) is 6.31. The third-order valence-corrected chi connectivity index (χ3v) is 6.54. The van der Waals surface area contributed by atoms with Crippen LogP contribution in [0.3, 0.4) is 0 Å². The van der Waals surface area contributed by atoms with Crippen LogP contribution in [0.5, 0.6) is 0 Å². The molecule has 1 aliphatic heterocycles. The first kappa shape index (κ1) is 20.4. The fraction of sp³-hybridized carbons (Fsp3) is 0.591. The van der Waals surface area contributed by atoms with Gasteiger partial charge in [0.2, 0.25) is 5.91 Å². The van der Waals surface area contributed by atoms with Crippen LogP contribution in [-0.4, -0.2) is 51.9 Å². The fourth-order valence-corrected chi connectivity index (χ4v) is 4.74. The molecule has 0 bridgehead atoms. The van der Waals surface area contributed by atoms with Crippen LogP contribution in [0.25, 0.3) is 10.9 Å². The predicted molar refractivity (Wildman–Crippen MR) is 115 cm³/mol. The molecule has 7 heteroatoms. The van der Waals surface area contributed by atoms with E-state index in [-0.39, 0.29) is 5.56 Å². The molecule has 1 aliphatic carbocycles. The second kappa shape index (κ2) is 9.26. The molecule has 2 heterocycles. The Morgan fingerprint density at radius 1 is 1.14 bits per heavy atom. The van der Waals surface area contributed by atoms with Crippen molar-refractivity contribution in [1.29, 1.82) is 0 Å². The molecule has 4 rings (SSSR count). The van der Waals surface area contributed by atoms with Gasteiger partial charge in [-0.05, 0) is 30.5 Å². The van der Waals surface area contributed by atoms with Crippen LogP contribution >= 0.6 is 11.6 Å². The van der Waals surface area contributed by atoms with Gasteiger partial charge in [-0.3, -0.25) is 14.5 Å². The van der Waals surface area contributed by atoms with Gasteiger partial charge >= 0.3 is 0 Å². The van der Waals surface area contributed by atoms with E-state index in [1.54, 1.807) is 18.2 Å². The summed E-state index contributed by atoms with van der Waals surface area (Å²) in [5.41, 5.74) is 0.494. The lowest BCUT2D eigenvalue weighted by Crippen LogP contribution is -2.48. The topological polar surface area (TPSA) is 69.3 Å². The van der Waals surface area contributed by atoms with E-state index < -0.39 is 0 Å². The minimum absolute atomic E-state index is 0.163. The third kappa shape index (κ3) is 5.17. The molecule has 2 aliphatic rings. The van der Waals surface area contributed by atoms with Gasteiger partial charge in [0.15, 0.2) is 0 Å². The summed E-state index contributed by atoms with van der Waals surface area (Å²) in [5, 5.41) is 1.04. The maximum absolute atomic E-state index is 12.6. The highest BCUT2D eigenvalue weighted by Crippen LogP contribution is 2.27. The number of nitrogens with one attached hydrogen (secondary N) is 1. The van der Waals surface area contributed by atoms with Crippen molar-refractivity contribution in [2.75, 3.05) is 26.2 Å². The number of rotatable bonds is 5. The van der Waals surface area contributed by atoms with Crippen LogP contribution in [-0.2, 0) is 11.3 Å². The van der Waals surface area contributed by atoms with Crippen molar-refractivity contribution >= 4 is 28.4 Å². The van der Waals surface area contributed by atoms with Gasteiger partial charge in [-0.25, -0.2) is 4.98 Å². The number of nitrogens with zero attached hydrogens (tertiary/aromatic N) is 3. The molecule has 1 saturated heterocycles. The van der Waals surface area contributed by atoms with Crippen LogP contribution in [0.1, 0.15) is 50.8 Å². The number of hydrogen-bond acceptors (Lipinski definition) is 4. The van der Waals surface area contributed by atoms with E-state index in [0.717, 1.165) is 38.5 Å². The lowest BCUT2D eigenvalue weighted by Gasteiger charge is -2.34. The smallest absolute Gasteiger partial charge is 0.258 e. The number of fused-ring (bicyclic) bond motifs is 1. The SMILES string of the molecule is O=C(CCC1CCCCC1)N1CCN(Cc2nc3ccc(Cl)cc3c(=O)[nH]2)CC1. The maximum Gasteiger partial charge on any atom is 0.258 e. The van der Waals surface area contributed by atoms with Gasteiger partial charge in [0.1, 0.15) is 5.82 Å². The first-order chi connectivity index (χ1) is 14.1. The van der Waals surface area contributed by atoms with Crippen LogP contribution in [0.2, 0.25) is 5.02 Å². The van der Waals surface area contributed by atoms with E-state index in [1.807, 2.05) is 4.90 Å². The molecule has 0 spiro atoms. The van der Waals surface area contributed by atoms with Crippen LogP contribution in [0, 0.1) is 5.92 Å². The summed E-state index contributed by atoms with van der Waals surface area (Å²) >= 11 is 5.97. The summed E-state index contributed by atoms with van der Waals surface area (Å²) in [5.74, 6) is 1.70. The van der Waals surface area contributed by atoms with E-state index in [0.29, 0.717) is 40.6 Å². The van der Waals surface area contributed by atoms with Gasteiger partial charge in [0, 0.05) is 37.6 Å². The zero-order chi connectivity index (χ0) is 20.2. The quantitative estimate of drug-likeness (QED) is 0.808. The zero-order valence-corrected chi connectivity index (χ0v) is 17.6. The summed E-state index contributed by atoms with van der Waals surface area (Å²) in [6.07, 6.45) is 8.34. The Bertz CT molecular complexity index is 915. The summed E-state index contributed by atoms with van der Waals surface area (Å²) in [7, 11) is 0. The molecular weight excluding hydrogens is 388 g/mol. The Kier molecular flexibility index (Phi) is 6.50. The van der Waals surface area contributed by atoms with Crippen molar-refractivity contribution in [2.45, 2.75) is 51.5 Å². The average Bonchev–Trinajstić information content (AvgIpc) is 2.74. The van der Waals surface area contributed by atoms with E-state index >= 15 is 0 Å². The largest absolute Gasteiger partial charge is 0.340 e. The highest BCUT2D eigenvalue weighted by molar-refractivity contribution is 6.31. The van der Waals surface area contributed by atoms with Gasteiger partial charge in [-0.1, -0.05) is 43.7 Å². The Morgan fingerprint density at radius 3 is 2.66 bits per heavy atom. The van der Waals surface area contributed by atoms with Gasteiger partial charge < -0.3 is 9.88 Å². The average molecular weight is 417 g/mol. The Hall–Kier alpha value is -1.92. The van der Waals surface area contributed by atoms with Crippen LogP contribution in [0.4, 0.5) is 0 Å². The first-order valence-electron chi connectivity index (χ1n) is 10.8. The molecule has 0 radical (unpaired) electrons. The Labute approximate surface area is 176 Å². The van der Waals surface area contributed by atoms with Gasteiger partial charge in [-0.15, -0.1) is 0 Å². The molecule has 156 valence electrons. The number of carbonyl (C=O) groups is 1. The molecule has 2 fully saturated rings. The van der Waals surface area contributed by atoms with Crippen molar-refractivity contribution in [1.82, 2.24) is 19.8 Å². The molecule has 1 saturated carbocycles. The standard InChI is InChI=1S/C22H29ClN4O2/c23-17-7-8-19-18(14-17)22(29)25-20(24-19)15-26-10-12-27(13-11-26)21(28)9-6-16-4-2-1-3-5-16/h7-8,14,16H,1-6,9-13,15H2,(H,24,25,29). The second-order valence-corrected chi connectivity index (χ2v) is 8.81. The molecular formula is C22H29ClN4O2. The molecule has 0 unspecified atom stereocenters. The molecule has 1 aromatic heterocycles. The lowest BCUT2D eigenvalue weighted by atomic mass is 9.86. The number of piperazine rings is 1. The number of amides is 1. The lowest BCUT2D eigenvalue weighted by molar-refractivity contribution is -0.133. The molecule has 0 atom stereocenters. The second-order valence-electron chi connectivity index (χ2n) is 8.37. The molecule has 1 N–H and O–H groups in total. The van der Waals surface area contributed by atoms with Crippen molar-refractivity contribution in [2.24, 2.45) is 5.92 Å². The number of aromatic amines is 1. The van der Waals surface area contributed by atoms with E-state index in [1.165, 1.54) is 32.1 Å². The molecule has 1 aromatic carbocycles. The number of H-pyrrole nitrogens is 1. The fourth-order valence-electron chi connectivity index (χ4n) is 4.56. The molecule has 6 nitrogen and oxygen atoms in total. The van der Waals surface area contributed by atoms with Crippen molar-refractivity contribution < 1.29 is 4.79 Å². The van der Waals surface area contributed by atoms with Gasteiger partial charge in [0.05, 0.1) is 17.4 Å². The molecule has 2 aromatic rings. The first-order valence-corrected chi connectivity index (χ1v) is 11.1. The number of carbonyl (C=O) groups excluding carboxylic acids is 1. The summed E-state index contributed by atoms with van der Waals surface area (Å²) in [4.78, 5) is 36.5. The zero-order valence-electron chi connectivity index (χ0n) is 16.8. The number of aromatic nitrogens is 2. The number of benzene rings is 1. The number of hydrogen-bond donors (Lipinski definition) is 1. The van der Waals surface area contributed by atoms with E-state index in [2.05, 4.69) is 14.9 Å². The maximum atomic E-state index is 12.6.